The molecular weight excluding hydrogens is 138 g/mol. The molecule has 0 aliphatic rings. The molecule has 1 aromatic heterocycles. The Balaban J connectivity index is 2.69. The van der Waals surface area contributed by atoms with Gasteiger partial charge in [-0.25, -0.2) is 4.68 Å². The van der Waals surface area contributed by atoms with Gasteiger partial charge in [-0.15, -0.1) is 5.10 Å². The van der Waals surface area contributed by atoms with Crippen molar-refractivity contribution in [2.24, 2.45) is 0 Å². The van der Waals surface area contributed by atoms with Crippen molar-refractivity contribution < 1.29 is 0 Å². The van der Waals surface area contributed by atoms with Crippen LogP contribution in [0.1, 0.15) is 13.3 Å². The molecular formula is C5H8ClN3. The van der Waals surface area contributed by atoms with Crippen LogP contribution in [0.4, 0.5) is 0 Å². The van der Waals surface area contributed by atoms with Crippen LogP contribution < -0.4 is 0 Å². The summed E-state index contributed by atoms with van der Waals surface area (Å²) in [7, 11) is 0. The highest BCUT2D eigenvalue weighted by Gasteiger charge is 1.95. The van der Waals surface area contributed by atoms with E-state index < -0.39 is 0 Å². The van der Waals surface area contributed by atoms with Gasteiger partial charge in [0.05, 0.1) is 6.20 Å². The minimum absolute atomic E-state index is 0.608. The van der Waals surface area contributed by atoms with Gasteiger partial charge in [0.2, 0.25) is 0 Å². The molecule has 1 aromatic rings. The van der Waals surface area contributed by atoms with Crippen molar-refractivity contribution in [1.29, 1.82) is 0 Å². The fraction of sp³-hybridized carbons (Fsp3) is 0.600. The number of hydrogen-bond acceptors (Lipinski definition) is 2. The van der Waals surface area contributed by atoms with E-state index in [-0.39, 0.29) is 0 Å². The second-order valence-corrected chi connectivity index (χ2v) is 2.17. The van der Waals surface area contributed by atoms with Crippen LogP contribution in [0.2, 0.25) is 5.15 Å². The van der Waals surface area contributed by atoms with Gasteiger partial charge in [0.15, 0.2) is 0 Å². The summed E-state index contributed by atoms with van der Waals surface area (Å²) in [6.07, 6.45) is 2.57. The van der Waals surface area contributed by atoms with Crippen molar-refractivity contribution in [3.63, 3.8) is 0 Å². The van der Waals surface area contributed by atoms with E-state index in [1.54, 1.807) is 4.68 Å². The van der Waals surface area contributed by atoms with Crippen LogP contribution in [0.3, 0.4) is 0 Å². The van der Waals surface area contributed by atoms with E-state index in [9.17, 15) is 0 Å². The maximum Gasteiger partial charge on any atom is 0.147 e. The quantitative estimate of drug-likeness (QED) is 0.629. The summed E-state index contributed by atoms with van der Waals surface area (Å²) in [6, 6.07) is 0. The first-order valence-electron chi connectivity index (χ1n) is 2.88. The second-order valence-electron chi connectivity index (χ2n) is 1.78. The smallest absolute Gasteiger partial charge is 0.147 e. The first kappa shape index (κ1) is 6.55. The van der Waals surface area contributed by atoms with E-state index in [1.807, 2.05) is 0 Å². The average Bonchev–Trinajstić information content (AvgIpc) is 2.18. The highest BCUT2D eigenvalue weighted by Crippen LogP contribution is 2.03. The maximum absolute atomic E-state index is 5.66. The summed E-state index contributed by atoms with van der Waals surface area (Å²) in [5.41, 5.74) is 0. The number of hydrogen-bond donors (Lipinski definition) is 0. The van der Waals surface area contributed by atoms with Gasteiger partial charge in [-0.2, -0.15) is 0 Å². The van der Waals surface area contributed by atoms with E-state index >= 15 is 0 Å². The molecule has 0 aromatic carbocycles. The lowest BCUT2D eigenvalue weighted by Gasteiger charge is -1.94. The van der Waals surface area contributed by atoms with Gasteiger partial charge in [0.25, 0.3) is 0 Å². The van der Waals surface area contributed by atoms with E-state index in [0.717, 1.165) is 13.0 Å². The van der Waals surface area contributed by atoms with Crippen LogP contribution in [0, 0.1) is 0 Å². The maximum atomic E-state index is 5.66. The summed E-state index contributed by atoms with van der Waals surface area (Å²) in [5, 5.41) is 7.97. The van der Waals surface area contributed by atoms with E-state index in [4.69, 9.17) is 11.6 Å². The second kappa shape index (κ2) is 2.82. The van der Waals surface area contributed by atoms with Gasteiger partial charge in [-0.3, -0.25) is 0 Å². The molecule has 3 nitrogen and oxygen atoms in total. The van der Waals surface area contributed by atoms with Crippen molar-refractivity contribution in [3.8, 4) is 0 Å². The van der Waals surface area contributed by atoms with Crippen LogP contribution in [0.25, 0.3) is 0 Å². The molecule has 0 aliphatic heterocycles. The zero-order valence-corrected chi connectivity index (χ0v) is 5.97. The monoisotopic (exact) mass is 145 g/mol. The van der Waals surface area contributed by atoms with Crippen molar-refractivity contribution in [2.45, 2.75) is 19.9 Å². The molecule has 0 amide bonds. The lowest BCUT2D eigenvalue weighted by atomic mass is 10.5. The molecule has 9 heavy (non-hydrogen) atoms. The largest absolute Gasteiger partial charge is 0.234 e. The van der Waals surface area contributed by atoms with Crippen molar-refractivity contribution in [1.82, 2.24) is 15.0 Å². The third kappa shape index (κ3) is 1.42. The third-order valence-corrected chi connectivity index (χ3v) is 1.30. The first-order valence-corrected chi connectivity index (χ1v) is 3.26. The Labute approximate surface area is 58.6 Å². The van der Waals surface area contributed by atoms with E-state index in [1.165, 1.54) is 6.20 Å². The topological polar surface area (TPSA) is 30.7 Å². The molecule has 0 N–H and O–H groups in total. The number of halogens is 1. The fourth-order valence-corrected chi connectivity index (χ4v) is 0.770. The summed E-state index contributed by atoms with van der Waals surface area (Å²) < 4.78 is 1.67. The lowest BCUT2D eigenvalue weighted by Crippen LogP contribution is -1.98. The SMILES string of the molecule is CCCn1nncc1Cl. The van der Waals surface area contributed by atoms with E-state index in [0.29, 0.717) is 5.15 Å². The lowest BCUT2D eigenvalue weighted by molar-refractivity contribution is 0.579. The summed E-state index contributed by atoms with van der Waals surface area (Å²) in [5.74, 6) is 0. The Morgan fingerprint density at radius 1 is 1.78 bits per heavy atom. The Morgan fingerprint density at radius 2 is 2.56 bits per heavy atom. The number of aromatic nitrogens is 3. The van der Waals surface area contributed by atoms with Crippen molar-refractivity contribution >= 4 is 11.6 Å². The molecule has 1 rings (SSSR count). The molecule has 0 bridgehead atoms. The normalized spacial score (nSPS) is 10.0. The molecule has 0 atom stereocenters. The summed E-state index contributed by atoms with van der Waals surface area (Å²) >= 11 is 5.66. The molecule has 4 heteroatoms. The van der Waals surface area contributed by atoms with Gasteiger partial charge in [-0.1, -0.05) is 23.7 Å². The average molecular weight is 146 g/mol. The zero-order valence-electron chi connectivity index (χ0n) is 5.21. The van der Waals surface area contributed by atoms with Gasteiger partial charge in [0, 0.05) is 6.54 Å². The van der Waals surface area contributed by atoms with Crippen molar-refractivity contribution in [2.75, 3.05) is 0 Å². The Morgan fingerprint density at radius 3 is 3.00 bits per heavy atom. The predicted molar refractivity (Wildman–Crippen MR) is 35.3 cm³/mol. The van der Waals surface area contributed by atoms with Crippen LogP contribution >= 0.6 is 11.6 Å². The van der Waals surface area contributed by atoms with Crippen LogP contribution in [-0.2, 0) is 6.54 Å². The Bertz CT molecular complexity index is 184. The third-order valence-electron chi connectivity index (χ3n) is 1.01. The van der Waals surface area contributed by atoms with Gasteiger partial charge in [-0.05, 0) is 6.42 Å². The molecule has 0 saturated heterocycles. The highest BCUT2D eigenvalue weighted by atomic mass is 35.5. The van der Waals surface area contributed by atoms with E-state index in [2.05, 4.69) is 17.2 Å². The minimum atomic E-state index is 0.608. The molecule has 0 fully saturated rings. The van der Waals surface area contributed by atoms with Gasteiger partial charge >= 0.3 is 0 Å². The zero-order chi connectivity index (χ0) is 6.69. The number of nitrogens with zero attached hydrogens (tertiary/aromatic N) is 3. The molecule has 0 unspecified atom stereocenters. The summed E-state index contributed by atoms with van der Waals surface area (Å²) in [4.78, 5) is 0. The predicted octanol–water partition coefficient (Wildman–Crippen LogP) is 1.34. The van der Waals surface area contributed by atoms with Crippen LogP contribution in [-0.4, -0.2) is 15.0 Å². The van der Waals surface area contributed by atoms with Gasteiger partial charge < -0.3 is 0 Å². The molecule has 0 saturated carbocycles. The number of rotatable bonds is 2. The van der Waals surface area contributed by atoms with Crippen LogP contribution in [0.5, 0.6) is 0 Å². The standard InChI is InChI=1S/C5H8ClN3/c1-2-3-9-5(6)4-7-8-9/h4H,2-3H2,1H3. The Hall–Kier alpha value is -0.570. The molecule has 0 spiro atoms. The fourth-order valence-electron chi connectivity index (χ4n) is 0.608. The van der Waals surface area contributed by atoms with Gasteiger partial charge in [0.1, 0.15) is 5.15 Å². The molecule has 0 aliphatic carbocycles. The minimum Gasteiger partial charge on any atom is -0.234 e. The van der Waals surface area contributed by atoms with Crippen molar-refractivity contribution in [3.05, 3.63) is 11.3 Å². The first-order chi connectivity index (χ1) is 4.34. The highest BCUT2D eigenvalue weighted by molar-refractivity contribution is 6.29. The molecule has 1 heterocycles. The number of aryl methyl sites for hydroxylation is 1. The Kier molecular flexibility index (Phi) is 2.05. The molecule has 0 radical (unpaired) electrons. The molecule has 50 valence electrons. The van der Waals surface area contributed by atoms with Crippen LogP contribution in [0.15, 0.2) is 6.20 Å². The summed E-state index contributed by atoms with van der Waals surface area (Å²) in [6.45, 7) is 2.91.